The van der Waals surface area contributed by atoms with Crippen molar-refractivity contribution in [2.24, 2.45) is 0 Å². The van der Waals surface area contributed by atoms with Crippen LogP contribution in [-0.4, -0.2) is 25.7 Å². The summed E-state index contributed by atoms with van der Waals surface area (Å²) in [6.45, 7) is 6.12. The zero-order valence-corrected chi connectivity index (χ0v) is 18.0. The molecule has 4 rings (SSSR count). The number of benzene rings is 1. The van der Waals surface area contributed by atoms with Gasteiger partial charge in [-0.3, -0.25) is 4.79 Å². The Bertz CT molecular complexity index is 1150. The van der Waals surface area contributed by atoms with E-state index in [9.17, 15) is 4.79 Å². The van der Waals surface area contributed by atoms with Gasteiger partial charge in [0, 0.05) is 33.8 Å². The largest absolute Gasteiger partial charge is 0.321 e. The minimum atomic E-state index is -0.155. The molecule has 0 spiro atoms. The molecule has 0 aliphatic heterocycles. The van der Waals surface area contributed by atoms with E-state index < -0.39 is 0 Å². The maximum absolute atomic E-state index is 12.6. The van der Waals surface area contributed by atoms with Crippen molar-refractivity contribution in [2.45, 2.75) is 36.9 Å². The molecule has 3 aromatic heterocycles. The molecule has 1 amide bonds. The normalized spacial score (nSPS) is 11.3. The van der Waals surface area contributed by atoms with Crippen molar-refractivity contribution in [2.75, 3.05) is 5.32 Å². The molecule has 1 aromatic carbocycles. The number of aryl methyl sites for hydroxylation is 1. The molecule has 0 atom stereocenters. The van der Waals surface area contributed by atoms with Crippen molar-refractivity contribution in [3.05, 3.63) is 64.9 Å². The third kappa shape index (κ3) is 4.49. The number of anilines is 1. The van der Waals surface area contributed by atoms with Crippen LogP contribution < -0.4 is 5.32 Å². The highest BCUT2D eigenvalue weighted by Crippen LogP contribution is 2.26. The third-order valence-electron chi connectivity index (χ3n) is 4.36. The minimum Gasteiger partial charge on any atom is -0.321 e. The monoisotopic (exact) mass is 423 g/mol. The molecule has 29 heavy (non-hydrogen) atoms. The summed E-state index contributed by atoms with van der Waals surface area (Å²) < 4.78 is 2.93. The number of carbonyl (C=O) groups excluding carboxylic acids is 1. The second-order valence-electron chi connectivity index (χ2n) is 7.01. The Kier molecular flexibility index (Phi) is 5.64. The summed E-state index contributed by atoms with van der Waals surface area (Å²) in [6.07, 6.45) is 3.44. The lowest BCUT2D eigenvalue weighted by atomic mass is 10.1. The molecule has 4 aromatic rings. The van der Waals surface area contributed by atoms with Crippen LogP contribution in [-0.2, 0) is 5.75 Å². The summed E-state index contributed by atoms with van der Waals surface area (Å²) in [5.41, 5.74) is 4.29. The molecule has 1 N–H and O–H groups in total. The number of hydrogen-bond acceptors (Lipinski definition) is 6. The zero-order valence-electron chi connectivity index (χ0n) is 16.4. The smallest absolute Gasteiger partial charge is 0.255 e. The van der Waals surface area contributed by atoms with E-state index in [1.165, 1.54) is 0 Å². The van der Waals surface area contributed by atoms with Crippen LogP contribution in [0.4, 0.5) is 5.69 Å². The number of pyridine rings is 1. The van der Waals surface area contributed by atoms with Crippen LogP contribution >= 0.6 is 23.1 Å². The van der Waals surface area contributed by atoms with Crippen LogP contribution in [0.25, 0.3) is 11.0 Å². The van der Waals surface area contributed by atoms with Crippen LogP contribution in [0.1, 0.15) is 41.5 Å². The average molecular weight is 424 g/mol. The maximum Gasteiger partial charge on any atom is 0.255 e. The number of nitrogens with one attached hydrogen (secondary N) is 1. The standard InChI is InChI=1S/C21H21N5OS2/c1-13(2)26-19-17(9-23-26)8-18(10-22-19)25-20(27)16-6-4-15(5-7-16)12-29-21-24-14(3)11-28-21/h4-11,13H,12H2,1-3H3,(H,25,27). The van der Waals surface area contributed by atoms with Crippen molar-refractivity contribution in [1.82, 2.24) is 19.7 Å². The Labute approximate surface area is 177 Å². The first-order valence-electron chi connectivity index (χ1n) is 9.28. The van der Waals surface area contributed by atoms with Gasteiger partial charge in [0.15, 0.2) is 5.65 Å². The number of rotatable bonds is 6. The van der Waals surface area contributed by atoms with Gasteiger partial charge in [-0.15, -0.1) is 11.3 Å². The number of nitrogens with zero attached hydrogens (tertiary/aromatic N) is 4. The van der Waals surface area contributed by atoms with Crippen molar-refractivity contribution in [1.29, 1.82) is 0 Å². The Morgan fingerprint density at radius 1 is 1.24 bits per heavy atom. The van der Waals surface area contributed by atoms with Gasteiger partial charge in [-0.1, -0.05) is 23.9 Å². The predicted molar refractivity (Wildman–Crippen MR) is 119 cm³/mol. The molecule has 0 saturated heterocycles. The first-order valence-corrected chi connectivity index (χ1v) is 11.1. The van der Waals surface area contributed by atoms with Gasteiger partial charge in [-0.05, 0) is 44.5 Å². The van der Waals surface area contributed by atoms with Gasteiger partial charge < -0.3 is 5.32 Å². The third-order valence-corrected chi connectivity index (χ3v) is 6.57. The lowest BCUT2D eigenvalue weighted by molar-refractivity contribution is 0.102. The quantitative estimate of drug-likeness (QED) is 0.425. The average Bonchev–Trinajstić information content (AvgIpc) is 3.32. The number of thioether (sulfide) groups is 1. The molecule has 0 fully saturated rings. The Morgan fingerprint density at radius 3 is 2.72 bits per heavy atom. The van der Waals surface area contributed by atoms with Crippen molar-refractivity contribution in [3.63, 3.8) is 0 Å². The first-order chi connectivity index (χ1) is 14.0. The van der Waals surface area contributed by atoms with Crippen molar-refractivity contribution in [3.8, 4) is 0 Å². The van der Waals surface area contributed by atoms with Gasteiger partial charge in [0.05, 0.1) is 18.1 Å². The fourth-order valence-corrected chi connectivity index (χ4v) is 4.69. The Balaban J connectivity index is 1.41. The van der Waals surface area contributed by atoms with E-state index in [4.69, 9.17) is 0 Å². The second-order valence-corrected chi connectivity index (χ2v) is 9.09. The number of fused-ring (bicyclic) bond motifs is 1. The molecular formula is C21H21N5OS2. The van der Waals surface area contributed by atoms with E-state index in [-0.39, 0.29) is 11.9 Å². The van der Waals surface area contributed by atoms with Crippen LogP contribution in [0.15, 0.2) is 52.4 Å². The number of carbonyl (C=O) groups is 1. The highest BCUT2D eigenvalue weighted by molar-refractivity contribution is 8.00. The molecule has 0 unspecified atom stereocenters. The molecule has 148 valence electrons. The van der Waals surface area contributed by atoms with Crippen LogP contribution in [0.2, 0.25) is 0 Å². The van der Waals surface area contributed by atoms with Crippen LogP contribution in [0, 0.1) is 6.92 Å². The molecule has 8 heteroatoms. The lowest BCUT2D eigenvalue weighted by Gasteiger charge is -2.08. The summed E-state index contributed by atoms with van der Waals surface area (Å²) in [4.78, 5) is 21.5. The van der Waals surface area contributed by atoms with Crippen LogP contribution in [0.3, 0.4) is 0 Å². The Morgan fingerprint density at radius 2 is 2.03 bits per heavy atom. The summed E-state index contributed by atoms with van der Waals surface area (Å²) in [5.74, 6) is 0.673. The second kappa shape index (κ2) is 8.34. The topological polar surface area (TPSA) is 72.7 Å². The molecule has 3 heterocycles. The van der Waals surface area contributed by atoms with Gasteiger partial charge in [0.1, 0.15) is 4.34 Å². The summed E-state index contributed by atoms with van der Waals surface area (Å²) in [7, 11) is 0. The minimum absolute atomic E-state index is 0.155. The Hall–Kier alpha value is -2.71. The molecule has 0 bridgehead atoms. The fourth-order valence-electron chi connectivity index (χ4n) is 2.89. The van der Waals surface area contributed by atoms with E-state index in [1.54, 1.807) is 35.5 Å². The molecule has 0 aliphatic rings. The number of aromatic nitrogens is 4. The van der Waals surface area contributed by atoms with Crippen molar-refractivity contribution >= 4 is 45.7 Å². The lowest BCUT2D eigenvalue weighted by Crippen LogP contribution is -2.12. The van der Waals surface area contributed by atoms with Gasteiger partial charge in [0.25, 0.3) is 5.91 Å². The number of thiazole rings is 1. The summed E-state index contributed by atoms with van der Waals surface area (Å²) in [6, 6.07) is 9.79. The van der Waals surface area contributed by atoms with E-state index in [1.807, 2.05) is 41.9 Å². The van der Waals surface area contributed by atoms with Gasteiger partial charge in [-0.2, -0.15) is 5.10 Å². The first kappa shape index (κ1) is 19.6. The molecule has 0 saturated carbocycles. The van der Waals surface area contributed by atoms with E-state index >= 15 is 0 Å². The summed E-state index contributed by atoms with van der Waals surface area (Å²) in [5, 5.41) is 10.2. The molecule has 0 radical (unpaired) electrons. The van der Waals surface area contributed by atoms with Crippen LogP contribution in [0.5, 0.6) is 0 Å². The number of hydrogen-bond donors (Lipinski definition) is 1. The molecule has 6 nitrogen and oxygen atoms in total. The highest BCUT2D eigenvalue weighted by Gasteiger charge is 2.11. The zero-order chi connectivity index (χ0) is 20.4. The van der Waals surface area contributed by atoms with E-state index in [0.717, 1.165) is 32.4 Å². The van der Waals surface area contributed by atoms with E-state index in [2.05, 4.69) is 39.6 Å². The fraction of sp³-hybridized carbons (Fsp3) is 0.238. The van der Waals surface area contributed by atoms with Gasteiger partial charge in [0.2, 0.25) is 0 Å². The molecule has 0 aliphatic carbocycles. The molecular weight excluding hydrogens is 402 g/mol. The van der Waals surface area contributed by atoms with Gasteiger partial charge >= 0.3 is 0 Å². The van der Waals surface area contributed by atoms with Gasteiger partial charge in [-0.25, -0.2) is 14.6 Å². The SMILES string of the molecule is Cc1csc(SCc2ccc(C(=O)Nc3cnc4c(cnn4C(C)C)c3)cc2)n1. The summed E-state index contributed by atoms with van der Waals surface area (Å²) >= 11 is 3.36. The van der Waals surface area contributed by atoms with E-state index in [0.29, 0.717) is 11.3 Å². The number of amides is 1. The predicted octanol–water partition coefficient (Wildman–Crippen LogP) is 5.32. The highest BCUT2D eigenvalue weighted by atomic mass is 32.2. The maximum atomic E-state index is 12.6. The van der Waals surface area contributed by atoms with Crippen molar-refractivity contribution < 1.29 is 4.79 Å².